The van der Waals surface area contributed by atoms with Crippen LogP contribution >= 0.6 is 0 Å². The van der Waals surface area contributed by atoms with Gasteiger partial charge < -0.3 is 9.80 Å². The van der Waals surface area contributed by atoms with Crippen molar-refractivity contribution in [2.45, 2.75) is 65.3 Å². The van der Waals surface area contributed by atoms with Gasteiger partial charge in [-0.2, -0.15) is 0 Å². The van der Waals surface area contributed by atoms with Crippen molar-refractivity contribution in [1.82, 2.24) is 19.4 Å². The molecule has 2 aromatic rings. The summed E-state index contributed by atoms with van der Waals surface area (Å²) in [5.41, 5.74) is 1.05. The number of nitrogens with zero attached hydrogens (tertiary/aromatic N) is 5. The summed E-state index contributed by atoms with van der Waals surface area (Å²) in [6.45, 7) is 8.54. The fraction of sp³-hybridized carbons (Fsp3) is 0.444. The zero-order chi connectivity index (χ0) is 26.2. The quantitative estimate of drug-likeness (QED) is 0.476. The highest BCUT2D eigenvalue weighted by atomic mass is 19.2. The highest BCUT2D eigenvalue weighted by Gasteiger charge is 2.52. The van der Waals surface area contributed by atoms with E-state index in [1.54, 1.807) is 22.7 Å². The van der Waals surface area contributed by atoms with Crippen molar-refractivity contribution in [3.63, 3.8) is 0 Å². The number of carbonyl (C=O) groups excluding carboxylic acids is 1. The minimum Gasteiger partial charge on any atom is -0.340 e. The maximum atomic E-state index is 14.1. The van der Waals surface area contributed by atoms with E-state index in [0.29, 0.717) is 36.7 Å². The fourth-order valence-electron chi connectivity index (χ4n) is 5.22. The number of aromatic nitrogens is 2. The van der Waals surface area contributed by atoms with Crippen LogP contribution in [0.4, 0.5) is 13.2 Å². The number of imidazole rings is 1. The van der Waals surface area contributed by atoms with Crippen molar-refractivity contribution < 1.29 is 18.0 Å². The number of piperidine rings is 1. The summed E-state index contributed by atoms with van der Waals surface area (Å²) in [5.74, 6) is -2.56. The second kappa shape index (κ2) is 9.95. The van der Waals surface area contributed by atoms with Gasteiger partial charge in [-0.05, 0) is 63.7 Å². The summed E-state index contributed by atoms with van der Waals surface area (Å²) in [6, 6.07) is 1.86. The maximum Gasteiger partial charge on any atom is 0.252 e. The Morgan fingerprint density at radius 1 is 1.19 bits per heavy atom. The monoisotopic (exact) mass is 499 g/mol. The third-order valence-electron chi connectivity index (χ3n) is 7.38. The van der Waals surface area contributed by atoms with Crippen LogP contribution in [0.15, 0.2) is 46.9 Å². The molecule has 0 saturated carbocycles. The number of hydrogen-bond acceptors (Lipinski definition) is 3. The minimum absolute atomic E-state index is 0.0649. The fourth-order valence-corrected chi connectivity index (χ4v) is 5.22. The van der Waals surface area contributed by atoms with Gasteiger partial charge in [0.2, 0.25) is 0 Å². The highest BCUT2D eigenvalue weighted by molar-refractivity contribution is 6.10. The van der Waals surface area contributed by atoms with E-state index in [4.69, 9.17) is 4.99 Å². The summed E-state index contributed by atoms with van der Waals surface area (Å²) < 4.78 is 43.4. The van der Waals surface area contributed by atoms with E-state index >= 15 is 0 Å². The molecule has 1 unspecified atom stereocenters. The number of rotatable bonds is 5. The van der Waals surface area contributed by atoms with E-state index < -0.39 is 23.0 Å². The van der Waals surface area contributed by atoms with Crippen molar-refractivity contribution in [3.8, 4) is 11.4 Å². The first-order valence-electron chi connectivity index (χ1n) is 12.4. The first-order valence-corrected chi connectivity index (χ1v) is 12.4. The van der Waals surface area contributed by atoms with Crippen LogP contribution < -0.4 is 0 Å². The molecule has 0 radical (unpaired) electrons. The van der Waals surface area contributed by atoms with Gasteiger partial charge in [-0.1, -0.05) is 19.9 Å². The van der Waals surface area contributed by atoms with Crippen LogP contribution in [-0.4, -0.2) is 50.2 Å². The number of halogens is 3. The van der Waals surface area contributed by atoms with Gasteiger partial charge in [-0.3, -0.25) is 9.36 Å². The number of amidine groups is 1. The van der Waals surface area contributed by atoms with Gasteiger partial charge in [0.15, 0.2) is 23.3 Å². The lowest BCUT2D eigenvalue weighted by Crippen LogP contribution is -2.67. The molecule has 2 fully saturated rings. The summed E-state index contributed by atoms with van der Waals surface area (Å²) in [6.07, 6.45) is 9.04. The Balaban J connectivity index is 1.93. The first-order chi connectivity index (χ1) is 17.2. The van der Waals surface area contributed by atoms with E-state index in [9.17, 15) is 18.0 Å². The van der Waals surface area contributed by atoms with Gasteiger partial charge in [0.25, 0.3) is 5.91 Å². The zero-order valence-corrected chi connectivity index (χ0v) is 21.4. The van der Waals surface area contributed by atoms with Crippen LogP contribution in [-0.2, 0) is 4.79 Å². The van der Waals surface area contributed by atoms with Crippen LogP contribution in [0, 0.1) is 17.5 Å². The molecule has 0 bridgehead atoms. The molecule has 0 aliphatic carbocycles. The van der Waals surface area contributed by atoms with Crippen LogP contribution in [0.3, 0.4) is 0 Å². The predicted octanol–water partition coefficient (Wildman–Crippen LogP) is 5.97. The molecule has 9 heteroatoms. The molecule has 2 aliphatic rings. The number of carbonyl (C=O) groups is 1. The zero-order valence-electron chi connectivity index (χ0n) is 21.4. The number of piperazine rings is 1. The average molecular weight is 500 g/mol. The lowest BCUT2D eigenvalue weighted by Gasteiger charge is -2.53. The summed E-state index contributed by atoms with van der Waals surface area (Å²) in [5, 5.41) is 0. The van der Waals surface area contributed by atoms with Gasteiger partial charge >= 0.3 is 0 Å². The van der Waals surface area contributed by atoms with Gasteiger partial charge in [-0.15, -0.1) is 0 Å². The van der Waals surface area contributed by atoms with E-state index in [2.05, 4.69) is 9.88 Å². The summed E-state index contributed by atoms with van der Waals surface area (Å²) in [4.78, 5) is 26.8. The van der Waals surface area contributed by atoms with Crippen LogP contribution in [0.1, 0.15) is 59.8 Å². The number of amides is 1. The Morgan fingerprint density at radius 2 is 1.89 bits per heavy atom. The van der Waals surface area contributed by atoms with E-state index in [1.807, 2.05) is 33.8 Å². The molecule has 6 nitrogen and oxygen atoms in total. The highest BCUT2D eigenvalue weighted by Crippen LogP contribution is 2.40. The molecule has 0 N–H and O–H groups in total. The van der Waals surface area contributed by atoms with Gasteiger partial charge in [0, 0.05) is 31.5 Å². The summed E-state index contributed by atoms with van der Waals surface area (Å²) in [7, 11) is 1.78. The summed E-state index contributed by atoms with van der Waals surface area (Å²) >= 11 is 0. The lowest BCUT2D eigenvalue weighted by atomic mass is 9.80. The molecule has 2 aliphatic heterocycles. The second-order valence-electron chi connectivity index (χ2n) is 9.30. The third-order valence-corrected chi connectivity index (χ3v) is 7.38. The van der Waals surface area contributed by atoms with Crippen molar-refractivity contribution in [2.24, 2.45) is 4.99 Å². The number of aliphatic imine (C=N–C) groups is 1. The molecule has 4 rings (SSSR count). The molecule has 1 amide bonds. The molecule has 1 aromatic heterocycles. The van der Waals surface area contributed by atoms with Crippen LogP contribution in [0.2, 0.25) is 0 Å². The van der Waals surface area contributed by atoms with Crippen LogP contribution in [0.25, 0.3) is 17.2 Å². The molecule has 0 spiro atoms. The Bertz CT molecular complexity index is 1250. The van der Waals surface area contributed by atoms with E-state index in [-0.39, 0.29) is 17.3 Å². The minimum atomic E-state index is -1.52. The normalized spacial score (nSPS) is 23.4. The Kier molecular flexibility index (Phi) is 7.11. The van der Waals surface area contributed by atoms with Crippen molar-refractivity contribution in [3.05, 3.63) is 59.3 Å². The lowest BCUT2D eigenvalue weighted by molar-refractivity contribution is -0.143. The molecular weight excluding hydrogens is 467 g/mol. The maximum absolute atomic E-state index is 14.1. The number of fused-ring (bicyclic) bond motifs is 1. The Labute approximate surface area is 209 Å². The van der Waals surface area contributed by atoms with E-state index in [0.717, 1.165) is 37.0 Å². The molecular formula is C27H32F3N5O. The number of benzene rings is 1. The first kappa shape index (κ1) is 25.7. The Morgan fingerprint density at radius 3 is 2.50 bits per heavy atom. The van der Waals surface area contributed by atoms with Crippen LogP contribution in [0.5, 0.6) is 0 Å². The SMILES string of the molecule is C\C=C1/C(=N\C(=C(/C)CC)n2ccnc2-c2cc(F)c(F)c(F)c2)N2CCCCC2(CC)C(=O)N1C. The number of likely N-dealkylation sites (N-methyl/N-ethyl adjacent to an activating group) is 1. The molecule has 1 atom stereocenters. The molecule has 36 heavy (non-hydrogen) atoms. The topological polar surface area (TPSA) is 53.7 Å². The van der Waals surface area contributed by atoms with E-state index in [1.165, 1.54) is 6.20 Å². The van der Waals surface area contributed by atoms with Crippen molar-refractivity contribution in [2.75, 3.05) is 13.6 Å². The van der Waals surface area contributed by atoms with Gasteiger partial charge in [0.05, 0.1) is 5.70 Å². The molecule has 1 aromatic carbocycles. The van der Waals surface area contributed by atoms with Gasteiger partial charge in [0.1, 0.15) is 17.2 Å². The average Bonchev–Trinajstić information content (AvgIpc) is 3.37. The molecule has 2 saturated heterocycles. The largest absolute Gasteiger partial charge is 0.340 e. The molecule has 192 valence electrons. The third kappa shape index (κ3) is 4.04. The molecule has 3 heterocycles. The second-order valence-corrected chi connectivity index (χ2v) is 9.30. The number of hydrogen-bond donors (Lipinski definition) is 0. The Hall–Kier alpha value is -3.36. The predicted molar refractivity (Wildman–Crippen MR) is 134 cm³/mol. The van der Waals surface area contributed by atoms with Crippen molar-refractivity contribution in [1.29, 1.82) is 0 Å². The van der Waals surface area contributed by atoms with Crippen molar-refractivity contribution >= 4 is 17.6 Å². The standard InChI is InChI=1S/C27H32F3N5O/c1-6-17(4)23(34-14-12-31-24(34)18-15-19(28)22(30)20(29)16-18)32-25-21(7-2)33(5)26(36)27(8-3)11-9-10-13-35(25)27/h7,12,14-16H,6,8-11,13H2,1-5H3/b21-7+,23-17-,32-25+. The number of allylic oxidation sites excluding steroid dienone is 2. The van der Waals surface area contributed by atoms with Gasteiger partial charge in [-0.25, -0.2) is 23.1 Å². The smallest absolute Gasteiger partial charge is 0.252 e.